The van der Waals surface area contributed by atoms with E-state index in [0.717, 1.165) is 18.3 Å². The Balaban J connectivity index is -0.0000000460. The molecule has 0 spiro atoms. The smallest absolute Gasteiger partial charge is 0 e. The molecule has 0 aromatic heterocycles. The second-order valence-corrected chi connectivity index (χ2v) is 46.4. The number of ketones is 5. The van der Waals surface area contributed by atoms with Gasteiger partial charge < -0.3 is 25.6 Å². The third-order valence-electron chi connectivity index (χ3n) is 5.50. The van der Waals surface area contributed by atoms with Crippen molar-refractivity contribution in [2.45, 2.75) is 103 Å². The molecule has 0 aliphatic rings. The van der Waals surface area contributed by atoms with E-state index in [-0.39, 0.29) is 94.6 Å². The molecule has 0 saturated carbocycles. The summed E-state index contributed by atoms with van der Waals surface area (Å²) in [5.74, 6) is -0.252. The molecule has 0 amide bonds. The van der Waals surface area contributed by atoms with Crippen molar-refractivity contribution in [2.24, 2.45) is 9.98 Å². The predicted octanol–water partition coefficient (Wildman–Crippen LogP) is 6.16. The molecule has 0 bridgehead atoms. The van der Waals surface area contributed by atoms with E-state index in [2.05, 4.69) is 91.2 Å². The number of carbonyl (C=O) groups is 10. The number of aldehydes is 5. The van der Waals surface area contributed by atoms with Gasteiger partial charge in [-0.05, 0) is 130 Å². The number of carbonyl (C=O) groups excluding carboxylic acids is 10. The third-order valence-corrected chi connectivity index (χ3v) is 5.50. The third kappa shape index (κ3) is 125. The normalized spacial score (nSPS) is 11.6. The summed E-state index contributed by atoms with van der Waals surface area (Å²) in [7, 11) is 9.80. The van der Waals surface area contributed by atoms with Crippen LogP contribution in [0.25, 0.3) is 0 Å². The zero-order valence-corrected chi connectivity index (χ0v) is 47.8. The van der Waals surface area contributed by atoms with E-state index in [9.17, 15) is 47.9 Å². The van der Waals surface area contributed by atoms with Crippen LogP contribution >= 0.6 is 59.9 Å². The Labute approximate surface area is 458 Å². The van der Waals surface area contributed by atoms with Crippen molar-refractivity contribution < 1.29 is 81.6 Å². The Morgan fingerprint density at radius 1 is 0.676 bits per heavy atom. The maximum absolute atomic E-state index is 10.5. The first-order chi connectivity index (χ1) is 29.3. The number of aliphatic imine (C=N–C) groups is 2. The molecule has 0 aromatic rings. The molecule has 3 atom stereocenters. The van der Waals surface area contributed by atoms with Crippen molar-refractivity contribution in [1.29, 1.82) is 0 Å². The first-order valence-corrected chi connectivity index (χ1v) is 31.4. The number of likely N-dealkylation sites (N-methyl/N-ethyl adjacent to an activating group) is 4. The zero-order chi connectivity index (χ0) is 51.2. The van der Waals surface area contributed by atoms with Crippen LogP contribution in [0.4, 0.5) is 0 Å². The molecule has 395 valence electrons. The van der Waals surface area contributed by atoms with Crippen LogP contribution in [0.1, 0.15) is 84.6 Å². The molecule has 6 N–H and O–H groups in total. The molecule has 0 aromatic carbocycles. The maximum Gasteiger partial charge on any atom is 0 e. The Hall–Kier alpha value is -2.56. The largest absolute Gasteiger partial charge is 0 e. The summed E-state index contributed by atoms with van der Waals surface area (Å²) in [6, 6.07) is -0.289. The number of hydrogen-bond acceptors (Lipinski definition) is 18. The van der Waals surface area contributed by atoms with Gasteiger partial charge in [0.25, 0.3) is 0 Å². The van der Waals surface area contributed by atoms with Crippen LogP contribution < -0.4 is 21.3 Å². The van der Waals surface area contributed by atoms with Gasteiger partial charge in [0.15, 0.2) is 29.4 Å². The van der Waals surface area contributed by atoms with E-state index < -0.39 is 12.0 Å². The van der Waals surface area contributed by atoms with Crippen molar-refractivity contribution in [2.75, 3.05) is 42.3 Å². The molecule has 0 fully saturated rings. The Kier molecular flexibility index (Phi) is 114. The van der Waals surface area contributed by atoms with Crippen LogP contribution in [-0.4, -0.2) is 143 Å². The van der Waals surface area contributed by atoms with Gasteiger partial charge in [0.05, 0.1) is 11.7 Å². The quantitative estimate of drug-likeness (QED) is 0.0278. The number of aliphatic hydroxyl groups is 2. The number of halogens is 3. The molecular weight excluding hydrogens is 1300 g/mol. The Morgan fingerprint density at radius 3 is 1.31 bits per heavy atom. The SMILES string of the molecule is C.C.C.C.CC(=O)/C=C\C=O.CN/C(C=O)=C/C(C)=O.CN=C(C)/C=C\C=O.CN=C/C=C\C(C)=O.CNC(C)(O)/C=C\C=O.CNC(CC=O)C(C)=O.CNC(O)/C=C\C(C)=O.[I][V]([I])[I].[V]. The minimum atomic E-state index is -1.07. The fourth-order valence-electron chi connectivity index (χ4n) is 2.29. The summed E-state index contributed by atoms with van der Waals surface area (Å²) in [4.78, 5) is 107. The molecule has 0 aliphatic carbocycles. The summed E-state index contributed by atoms with van der Waals surface area (Å²) in [6.45, 7) is 10.6. The van der Waals surface area contributed by atoms with Gasteiger partial charge in [-0.25, -0.2) is 0 Å². The van der Waals surface area contributed by atoms with Crippen molar-refractivity contribution in [3.8, 4) is 0 Å². The van der Waals surface area contributed by atoms with Gasteiger partial charge in [0.2, 0.25) is 0 Å². The van der Waals surface area contributed by atoms with Crippen molar-refractivity contribution in [3.05, 3.63) is 72.5 Å². The second-order valence-electron chi connectivity index (χ2n) is 11.1. The number of rotatable bonds is 19. The molecule has 23 heteroatoms. The number of allylic oxidation sites excluding steroid dienone is 10. The standard InChI is InChI=1S/C6H9NO2.3C6H11NO2.2C6H9NO.C5H6O2.4CH4.3HI.2V/c1-5(9)3-6(4-8)7-2;1-6(9,7-2)4-3-5-8;1-5(9)6(7-2)3-4-8;1-5(8)3-4-6(9)7-2;1-6(7-2)4-3-5-8;1-6(8)4-3-5-7-2;1-5(7)3-2-4-6;;;;;;;;;/h3-4,7H,1-2H3;3-5,7,9H,1-2H3;4,6-7H,3H2,1-2H3;3-4,6-7,9H,1-2H3;2*3-5H,1-2H3;2-4H,1H3;4*1H4;3*1H;;/q;;;;;;;;;;;;;;;+3/p-3/b6-3+;4-3-;;4-3-;4-3-,7-6?;4-3-,7-5?;3-2-;;;;;;;;;. The van der Waals surface area contributed by atoms with Gasteiger partial charge >= 0.3 is 64.9 Å². The molecule has 0 rings (SSSR count). The first kappa shape index (κ1) is 98.8. The monoisotopic (exact) mass is 1380 g/mol. The summed E-state index contributed by atoms with van der Waals surface area (Å²) >= 11 is 7.39. The maximum atomic E-state index is 10.5. The van der Waals surface area contributed by atoms with Gasteiger partial charge in [0.1, 0.15) is 42.9 Å². The fourth-order valence-corrected chi connectivity index (χ4v) is 2.29. The average Bonchev–Trinajstić information content (AvgIpc) is 3.22. The van der Waals surface area contributed by atoms with Crippen LogP contribution in [0.2, 0.25) is 0 Å². The van der Waals surface area contributed by atoms with Crippen molar-refractivity contribution in [1.82, 2.24) is 21.3 Å². The summed E-state index contributed by atoms with van der Waals surface area (Å²) in [6.07, 6.45) is 19.5. The van der Waals surface area contributed by atoms with Crippen LogP contribution in [0.5, 0.6) is 0 Å². The fraction of sp³-hybridized carbons (Fsp3) is 0.467. The van der Waals surface area contributed by atoms with Crippen molar-refractivity contribution >= 4 is 132 Å². The molecule has 18 nitrogen and oxygen atoms in total. The molecule has 68 heavy (non-hydrogen) atoms. The van der Waals surface area contributed by atoms with Gasteiger partial charge in [-0.15, -0.1) is 0 Å². The zero-order valence-electron chi connectivity index (χ0n) is 38.6. The van der Waals surface area contributed by atoms with E-state index in [1.54, 1.807) is 67.6 Å². The number of aliphatic hydroxyl groups excluding tert-OH is 1. The topological polar surface area (TPSA) is 284 Å². The van der Waals surface area contributed by atoms with Crippen LogP contribution in [0.15, 0.2) is 82.5 Å². The predicted molar refractivity (Wildman–Crippen MR) is 301 cm³/mol. The minimum absolute atomic E-state index is 0. The van der Waals surface area contributed by atoms with Gasteiger partial charge in [-0.2, -0.15) is 0 Å². The Bertz CT molecular complexity index is 1540. The van der Waals surface area contributed by atoms with Gasteiger partial charge in [-0.1, -0.05) is 29.7 Å². The number of nitrogens with one attached hydrogen (secondary N) is 4. The van der Waals surface area contributed by atoms with Crippen molar-refractivity contribution in [3.63, 3.8) is 0 Å². The second kappa shape index (κ2) is 78.6. The van der Waals surface area contributed by atoms with E-state index in [1.165, 1.54) is 89.3 Å². The van der Waals surface area contributed by atoms with Crippen LogP contribution in [0, 0.1) is 0 Å². The number of Topliss-reactive ketones (excluding diaryl/α,β-unsaturated/α-hetero) is 1. The molecule has 0 aliphatic heterocycles. The van der Waals surface area contributed by atoms with Gasteiger partial charge in [0, 0.05) is 64.1 Å². The molecule has 1 radical (unpaired) electrons. The number of nitrogens with zero attached hydrogens (tertiary/aromatic N) is 2. The molecule has 0 saturated heterocycles. The first-order valence-electron chi connectivity index (χ1n) is 17.9. The number of hydrogen-bond donors (Lipinski definition) is 6. The van der Waals surface area contributed by atoms with Gasteiger partial charge in [-0.3, -0.25) is 63.8 Å². The van der Waals surface area contributed by atoms with Crippen LogP contribution in [-0.2, 0) is 71.4 Å². The minimum Gasteiger partial charge on any atom is 0 e. The summed E-state index contributed by atoms with van der Waals surface area (Å²) in [5, 5.41) is 28.3. The molecule has 0 heterocycles. The molecular formula is C45H82I3N6O12V2. The van der Waals surface area contributed by atoms with E-state index in [1.807, 2.05) is 6.92 Å². The van der Waals surface area contributed by atoms with E-state index in [0.29, 0.717) is 24.6 Å². The summed E-state index contributed by atoms with van der Waals surface area (Å²) in [5.41, 5.74) is 0.0978. The molecule has 3 unspecified atom stereocenters. The average molecular weight is 1380 g/mol. The van der Waals surface area contributed by atoms with E-state index in [4.69, 9.17) is 10.2 Å². The Morgan fingerprint density at radius 2 is 1.09 bits per heavy atom. The van der Waals surface area contributed by atoms with Crippen LogP contribution in [0.3, 0.4) is 0 Å². The van der Waals surface area contributed by atoms with E-state index >= 15 is 0 Å². The summed E-state index contributed by atoms with van der Waals surface area (Å²) < 4.78 is 0.